The summed E-state index contributed by atoms with van der Waals surface area (Å²) in [6, 6.07) is 5.61. The lowest BCUT2D eigenvalue weighted by Gasteiger charge is -2.21. The maximum absolute atomic E-state index is 11.7. The maximum Gasteiger partial charge on any atom is 0.221 e. The molecule has 1 aromatic rings. The molecule has 5 heteroatoms. The van der Waals surface area contributed by atoms with E-state index in [0.29, 0.717) is 23.0 Å². The van der Waals surface area contributed by atoms with E-state index in [1.54, 1.807) is 6.07 Å². The van der Waals surface area contributed by atoms with Gasteiger partial charge in [-0.25, -0.2) is 0 Å². The molecule has 1 atom stereocenters. The van der Waals surface area contributed by atoms with Crippen LogP contribution in [0.3, 0.4) is 0 Å². The third kappa shape index (κ3) is 5.70. The summed E-state index contributed by atoms with van der Waals surface area (Å²) in [5, 5.41) is 7.31. The summed E-state index contributed by atoms with van der Waals surface area (Å²) >= 11 is 12.2. The van der Waals surface area contributed by atoms with Gasteiger partial charge >= 0.3 is 0 Å². The fourth-order valence-electron chi connectivity index (χ4n) is 1.85. The van der Waals surface area contributed by atoms with Crippen molar-refractivity contribution in [1.29, 1.82) is 0 Å². The van der Waals surface area contributed by atoms with Gasteiger partial charge in [-0.3, -0.25) is 4.79 Å². The molecule has 20 heavy (non-hydrogen) atoms. The number of rotatable bonds is 5. The van der Waals surface area contributed by atoms with Crippen LogP contribution in [0, 0.1) is 0 Å². The molecule has 0 aliphatic carbocycles. The Bertz CT molecular complexity index is 469. The predicted molar refractivity (Wildman–Crippen MR) is 85.4 cm³/mol. The van der Waals surface area contributed by atoms with Gasteiger partial charge in [0.2, 0.25) is 5.91 Å². The third-order valence-corrected chi connectivity index (χ3v) is 3.60. The minimum atomic E-state index is -0.195. The normalized spacial score (nSPS) is 13.1. The van der Waals surface area contributed by atoms with Crippen LogP contribution < -0.4 is 10.6 Å². The topological polar surface area (TPSA) is 41.1 Å². The van der Waals surface area contributed by atoms with Crippen molar-refractivity contribution in [1.82, 2.24) is 10.6 Å². The number of nitrogens with one attached hydrogen (secondary N) is 2. The van der Waals surface area contributed by atoms with Crippen molar-refractivity contribution in [2.45, 2.75) is 45.7 Å². The summed E-state index contributed by atoms with van der Waals surface area (Å²) in [6.07, 6.45) is 0.430. The zero-order valence-electron chi connectivity index (χ0n) is 12.4. The highest BCUT2D eigenvalue weighted by molar-refractivity contribution is 6.42. The molecule has 0 radical (unpaired) electrons. The van der Waals surface area contributed by atoms with Gasteiger partial charge in [0.1, 0.15) is 0 Å². The number of halogens is 2. The van der Waals surface area contributed by atoms with E-state index >= 15 is 0 Å². The lowest BCUT2D eigenvalue weighted by molar-refractivity contribution is -0.122. The van der Waals surface area contributed by atoms with E-state index in [2.05, 4.69) is 10.6 Å². The Kier molecular flexibility index (Phi) is 6.31. The molecule has 0 spiro atoms. The molecule has 0 aliphatic rings. The van der Waals surface area contributed by atoms with E-state index in [1.807, 2.05) is 39.8 Å². The zero-order chi connectivity index (χ0) is 15.3. The fraction of sp³-hybridized carbons (Fsp3) is 0.533. The molecule has 1 rings (SSSR count). The number of carbonyl (C=O) groups is 1. The molecule has 0 saturated heterocycles. The number of hydrogen-bond acceptors (Lipinski definition) is 2. The second-order valence-corrected chi connectivity index (χ2v) is 6.65. The van der Waals surface area contributed by atoms with Gasteiger partial charge in [-0.05, 0) is 39.3 Å². The van der Waals surface area contributed by atoms with Crippen molar-refractivity contribution in [3.63, 3.8) is 0 Å². The van der Waals surface area contributed by atoms with Gasteiger partial charge in [-0.15, -0.1) is 0 Å². The first kappa shape index (κ1) is 17.3. The summed E-state index contributed by atoms with van der Waals surface area (Å²) in [5.74, 6) is 0.0365. The van der Waals surface area contributed by atoms with Crippen molar-refractivity contribution in [3.8, 4) is 0 Å². The molecule has 0 bridgehead atoms. The first-order valence-electron chi connectivity index (χ1n) is 6.69. The highest BCUT2D eigenvalue weighted by Gasteiger charge is 2.15. The molecule has 1 unspecified atom stereocenters. The summed E-state index contributed by atoms with van der Waals surface area (Å²) in [5.41, 5.74) is 0.745. The molecule has 0 aromatic heterocycles. The molecule has 1 aromatic carbocycles. The molecular formula is C15H22Cl2N2O. The lowest BCUT2D eigenvalue weighted by Crippen LogP contribution is -2.41. The summed E-state index contributed by atoms with van der Waals surface area (Å²) in [7, 11) is 0. The number of amides is 1. The van der Waals surface area contributed by atoms with Gasteiger partial charge in [0, 0.05) is 24.5 Å². The van der Waals surface area contributed by atoms with Gasteiger partial charge in [0.25, 0.3) is 0 Å². The lowest BCUT2D eigenvalue weighted by atomic mass is 10.1. The summed E-state index contributed by atoms with van der Waals surface area (Å²) in [4.78, 5) is 11.7. The van der Waals surface area contributed by atoms with Crippen molar-refractivity contribution in [3.05, 3.63) is 33.8 Å². The van der Waals surface area contributed by atoms with Gasteiger partial charge < -0.3 is 10.6 Å². The third-order valence-electron chi connectivity index (χ3n) is 2.76. The second-order valence-electron chi connectivity index (χ2n) is 5.87. The van der Waals surface area contributed by atoms with E-state index in [4.69, 9.17) is 23.2 Å². The molecular weight excluding hydrogens is 295 g/mol. The Labute approximate surface area is 131 Å². The second kappa shape index (κ2) is 7.30. The Morgan fingerprint density at radius 2 is 1.95 bits per heavy atom. The van der Waals surface area contributed by atoms with Gasteiger partial charge in [-0.1, -0.05) is 35.3 Å². The molecule has 2 N–H and O–H groups in total. The summed E-state index contributed by atoms with van der Waals surface area (Å²) < 4.78 is 0. The van der Waals surface area contributed by atoms with Crippen LogP contribution in [-0.2, 0) is 4.79 Å². The number of benzene rings is 1. The highest BCUT2D eigenvalue weighted by atomic mass is 35.5. The van der Waals surface area contributed by atoms with Gasteiger partial charge in [0.15, 0.2) is 0 Å². The van der Waals surface area contributed by atoms with E-state index in [-0.39, 0.29) is 17.5 Å². The predicted octanol–water partition coefficient (Wildman–Crippen LogP) is 3.95. The Morgan fingerprint density at radius 1 is 1.30 bits per heavy atom. The monoisotopic (exact) mass is 316 g/mol. The summed E-state index contributed by atoms with van der Waals surface area (Å²) in [6.45, 7) is 8.48. The molecule has 0 fully saturated rings. The molecule has 0 heterocycles. The van der Waals surface area contributed by atoms with E-state index in [9.17, 15) is 4.79 Å². The van der Waals surface area contributed by atoms with Crippen LogP contribution in [-0.4, -0.2) is 18.0 Å². The first-order valence-corrected chi connectivity index (χ1v) is 7.44. The minimum Gasteiger partial charge on any atom is -0.351 e. The quantitative estimate of drug-likeness (QED) is 0.863. The zero-order valence-corrected chi connectivity index (χ0v) is 13.9. The van der Waals surface area contributed by atoms with Crippen molar-refractivity contribution >= 4 is 29.1 Å². The van der Waals surface area contributed by atoms with E-state index < -0.39 is 0 Å². The SMILES string of the molecule is CC(NCCC(=O)NC(C)(C)C)c1cccc(Cl)c1Cl. The Balaban J connectivity index is 2.46. The average molecular weight is 317 g/mol. The highest BCUT2D eigenvalue weighted by Crippen LogP contribution is 2.29. The van der Waals surface area contributed by atoms with Crippen molar-refractivity contribution in [2.75, 3.05) is 6.54 Å². The van der Waals surface area contributed by atoms with Crippen LogP contribution >= 0.6 is 23.2 Å². The van der Waals surface area contributed by atoms with Crippen LogP contribution in [0.1, 0.15) is 45.7 Å². The smallest absolute Gasteiger partial charge is 0.221 e. The van der Waals surface area contributed by atoms with E-state index in [0.717, 1.165) is 5.56 Å². The van der Waals surface area contributed by atoms with Crippen LogP contribution in [0.2, 0.25) is 10.0 Å². The van der Waals surface area contributed by atoms with Crippen LogP contribution in [0.15, 0.2) is 18.2 Å². The largest absolute Gasteiger partial charge is 0.351 e. The molecule has 0 aliphatic heterocycles. The van der Waals surface area contributed by atoms with Gasteiger partial charge in [0.05, 0.1) is 10.0 Å². The minimum absolute atomic E-state index is 0.0365. The van der Waals surface area contributed by atoms with Crippen molar-refractivity contribution in [2.24, 2.45) is 0 Å². The van der Waals surface area contributed by atoms with Crippen molar-refractivity contribution < 1.29 is 4.79 Å². The Hall–Kier alpha value is -0.770. The van der Waals surface area contributed by atoms with E-state index in [1.165, 1.54) is 0 Å². The fourth-order valence-corrected chi connectivity index (χ4v) is 2.32. The van der Waals surface area contributed by atoms with Crippen LogP contribution in [0.5, 0.6) is 0 Å². The molecule has 3 nitrogen and oxygen atoms in total. The first-order chi connectivity index (χ1) is 9.20. The number of carbonyl (C=O) groups excluding carboxylic acids is 1. The average Bonchev–Trinajstić information content (AvgIpc) is 2.30. The number of hydrogen-bond donors (Lipinski definition) is 2. The molecule has 1 amide bonds. The molecule has 112 valence electrons. The van der Waals surface area contributed by atoms with Crippen LogP contribution in [0.4, 0.5) is 0 Å². The standard InChI is InChI=1S/C15H22Cl2N2O/c1-10(11-6-5-7-12(16)14(11)17)18-9-8-13(20)19-15(2,3)4/h5-7,10,18H,8-9H2,1-4H3,(H,19,20). The van der Waals surface area contributed by atoms with Gasteiger partial charge in [-0.2, -0.15) is 0 Å². The molecule has 0 saturated carbocycles. The van der Waals surface area contributed by atoms with Crippen LogP contribution in [0.25, 0.3) is 0 Å². The maximum atomic E-state index is 11.7. The Morgan fingerprint density at radius 3 is 2.55 bits per heavy atom.